The lowest BCUT2D eigenvalue weighted by molar-refractivity contribution is -0.169. The van der Waals surface area contributed by atoms with Crippen molar-refractivity contribution in [1.29, 1.82) is 0 Å². The van der Waals surface area contributed by atoms with Crippen LogP contribution < -0.4 is 4.74 Å². The Bertz CT molecular complexity index is 893. The fraction of sp³-hybridized carbons (Fsp3) is 0.500. The number of esters is 1. The lowest BCUT2D eigenvalue weighted by Gasteiger charge is -2.18. The van der Waals surface area contributed by atoms with Gasteiger partial charge in [-0.15, -0.1) is 0 Å². The van der Waals surface area contributed by atoms with Crippen molar-refractivity contribution in [2.75, 3.05) is 6.61 Å². The van der Waals surface area contributed by atoms with E-state index in [1.807, 2.05) is 0 Å². The number of carbonyl (C=O) groups excluding carboxylic acids is 1. The molecule has 10 heteroatoms. The van der Waals surface area contributed by atoms with Crippen LogP contribution in [0.5, 0.6) is 5.75 Å². The summed E-state index contributed by atoms with van der Waals surface area (Å²) in [5, 5.41) is 4.20. The number of ether oxygens (including phenoxy) is 2. The molecule has 0 fully saturated rings. The van der Waals surface area contributed by atoms with E-state index in [2.05, 4.69) is 9.84 Å². The molecule has 0 saturated carbocycles. The van der Waals surface area contributed by atoms with E-state index in [-0.39, 0.29) is 35.6 Å². The van der Waals surface area contributed by atoms with E-state index in [9.17, 15) is 26.7 Å². The molecule has 1 aromatic heterocycles. The molecule has 0 aliphatic carbocycles. The first-order chi connectivity index (χ1) is 14.0. The lowest BCUT2D eigenvalue weighted by Crippen LogP contribution is -2.21. The van der Waals surface area contributed by atoms with Crippen LogP contribution in [0, 0.1) is 12.8 Å². The van der Waals surface area contributed by atoms with Crippen LogP contribution in [0.3, 0.4) is 0 Å². The molecular weight excluding hydrogens is 411 g/mol. The van der Waals surface area contributed by atoms with Crippen LogP contribution in [0.15, 0.2) is 18.2 Å². The molecule has 1 aromatic carbocycles. The molecule has 0 radical (unpaired) electrons. The highest BCUT2D eigenvalue weighted by Gasteiger charge is 2.36. The third-order valence-corrected chi connectivity index (χ3v) is 4.58. The van der Waals surface area contributed by atoms with Gasteiger partial charge < -0.3 is 9.47 Å². The van der Waals surface area contributed by atoms with E-state index in [4.69, 9.17) is 4.74 Å². The number of benzene rings is 1. The molecule has 2 aromatic rings. The summed E-state index contributed by atoms with van der Waals surface area (Å²) in [6, 6.07) is 3.99. The number of alkyl halides is 5. The zero-order valence-electron chi connectivity index (χ0n) is 17.0. The van der Waals surface area contributed by atoms with Gasteiger partial charge in [-0.05, 0) is 44.9 Å². The van der Waals surface area contributed by atoms with Crippen LogP contribution in [0.25, 0.3) is 11.3 Å². The first-order valence-electron chi connectivity index (χ1n) is 9.38. The highest BCUT2D eigenvalue weighted by Crippen LogP contribution is 2.37. The molecule has 0 bridgehead atoms. The zero-order valence-corrected chi connectivity index (χ0v) is 17.0. The largest absolute Gasteiger partial charge is 0.461 e. The third-order valence-electron chi connectivity index (χ3n) is 4.58. The van der Waals surface area contributed by atoms with E-state index in [1.165, 1.54) is 22.9 Å². The summed E-state index contributed by atoms with van der Waals surface area (Å²) >= 11 is 0. The van der Waals surface area contributed by atoms with Gasteiger partial charge in [0.15, 0.2) is 5.69 Å². The number of rotatable bonds is 8. The topological polar surface area (TPSA) is 53.3 Å². The van der Waals surface area contributed by atoms with Gasteiger partial charge >= 0.3 is 18.8 Å². The Hall–Kier alpha value is -2.65. The number of halogens is 5. The molecule has 2 rings (SSSR count). The maximum absolute atomic E-state index is 13.0. The van der Waals surface area contributed by atoms with E-state index in [0.29, 0.717) is 17.8 Å². The van der Waals surface area contributed by atoms with Gasteiger partial charge in [0.2, 0.25) is 0 Å². The summed E-state index contributed by atoms with van der Waals surface area (Å²) in [5.74, 6) is -2.60. The quantitative estimate of drug-likeness (QED) is 0.413. The molecule has 0 spiro atoms. The van der Waals surface area contributed by atoms with E-state index in [1.54, 1.807) is 20.8 Å². The SMILES string of the molecule is CCOC(=O)c1nn(CC)c(-c2ccc(C[C@@H](C)C(F)(F)F)cc2OC(F)F)c1C. The minimum atomic E-state index is -4.41. The summed E-state index contributed by atoms with van der Waals surface area (Å²) in [4.78, 5) is 12.2. The summed E-state index contributed by atoms with van der Waals surface area (Å²) in [6.07, 6.45) is -4.79. The second-order valence-electron chi connectivity index (χ2n) is 6.71. The molecule has 166 valence electrons. The molecule has 0 amide bonds. The summed E-state index contributed by atoms with van der Waals surface area (Å²) in [7, 11) is 0. The van der Waals surface area contributed by atoms with Crippen molar-refractivity contribution in [2.24, 2.45) is 5.92 Å². The predicted molar refractivity (Wildman–Crippen MR) is 99.6 cm³/mol. The normalized spacial score (nSPS) is 12.9. The number of nitrogens with zero attached hydrogens (tertiary/aromatic N) is 2. The fourth-order valence-corrected chi connectivity index (χ4v) is 3.07. The second kappa shape index (κ2) is 9.44. The Balaban J connectivity index is 2.56. The van der Waals surface area contributed by atoms with Gasteiger partial charge in [-0.2, -0.15) is 27.1 Å². The predicted octanol–water partition coefficient (Wildman–Crippen LogP) is 5.40. The second-order valence-corrected chi connectivity index (χ2v) is 6.71. The summed E-state index contributed by atoms with van der Waals surface area (Å²) < 4.78 is 75.7. The van der Waals surface area contributed by atoms with Gasteiger partial charge in [-0.25, -0.2) is 4.79 Å². The number of aromatic nitrogens is 2. The van der Waals surface area contributed by atoms with Crippen molar-refractivity contribution in [3.8, 4) is 17.0 Å². The van der Waals surface area contributed by atoms with E-state index >= 15 is 0 Å². The van der Waals surface area contributed by atoms with Crippen LogP contribution in [-0.4, -0.2) is 35.1 Å². The average molecular weight is 434 g/mol. The van der Waals surface area contributed by atoms with Gasteiger partial charge in [-0.1, -0.05) is 13.0 Å². The summed E-state index contributed by atoms with van der Waals surface area (Å²) in [6.45, 7) is 3.27. The van der Waals surface area contributed by atoms with Gasteiger partial charge in [-0.3, -0.25) is 4.68 Å². The molecule has 0 saturated heterocycles. The highest BCUT2D eigenvalue weighted by atomic mass is 19.4. The third kappa shape index (κ3) is 5.28. The van der Waals surface area contributed by atoms with Crippen LogP contribution in [0.4, 0.5) is 22.0 Å². The lowest BCUT2D eigenvalue weighted by atomic mass is 9.97. The number of carbonyl (C=O) groups is 1. The number of aryl methyl sites for hydroxylation is 1. The Morgan fingerprint density at radius 1 is 1.23 bits per heavy atom. The van der Waals surface area contributed by atoms with E-state index in [0.717, 1.165) is 6.92 Å². The van der Waals surface area contributed by atoms with Crippen molar-refractivity contribution < 1.29 is 36.2 Å². The Kier molecular flexibility index (Phi) is 7.44. The average Bonchev–Trinajstić information content (AvgIpc) is 2.97. The van der Waals surface area contributed by atoms with Crippen molar-refractivity contribution in [1.82, 2.24) is 9.78 Å². The number of hydrogen-bond donors (Lipinski definition) is 0. The van der Waals surface area contributed by atoms with Crippen LogP contribution in [0.2, 0.25) is 0 Å². The molecule has 0 aliphatic heterocycles. The van der Waals surface area contributed by atoms with Gasteiger partial charge in [0.25, 0.3) is 0 Å². The van der Waals surface area contributed by atoms with Crippen LogP contribution in [-0.2, 0) is 17.7 Å². The molecule has 0 aliphatic rings. The minimum Gasteiger partial charge on any atom is -0.461 e. The smallest absolute Gasteiger partial charge is 0.391 e. The van der Waals surface area contributed by atoms with Gasteiger partial charge in [0, 0.05) is 17.7 Å². The first-order valence-corrected chi connectivity index (χ1v) is 9.38. The van der Waals surface area contributed by atoms with Crippen molar-refractivity contribution >= 4 is 5.97 Å². The maximum Gasteiger partial charge on any atom is 0.391 e. The minimum absolute atomic E-state index is 0.0338. The zero-order chi connectivity index (χ0) is 22.6. The standard InChI is InChI=1S/C20H23F5N2O3/c1-5-27-17(12(4)16(26-27)18(28)29-6-2)14-8-7-13(9-11(3)20(23,24)25)10-15(14)30-19(21)22/h7-8,10-11,19H,5-6,9H2,1-4H3/t11-/m1/s1. The van der Waals surface area contributed by atoms with Crippen LogP contribution in [0.1, 0.15) is 42.4 Å². The van der Waals surface area contributed by atoms with Crippen molar-refractivity contribution in [3.05, 3.63) is 35.0 Å². The van der Waals surface area contributed by atoms with Gasteiger partial charge in [0.1, 0.15) is 5.75 Å². The molecule has 1 atom stereocenters. The van der Waals surface area contributed by atoms with Crippen LogP contribution >= 0.6 is 0 Å². The monoisotopic (exact) mass is 434 g/mol. The maximum atomic E-state index is 13.0. The van der Waals surface area contributed by atoms with E-state index < -0.39 is 24.7 Å². The number of hydrogen-bond acceptors (Lipinski definition) is 4. The molecule has 1 heterocycles. The molecule has 0 unspecified atom stereocenters. The van der Waals surface area contributed by atoms with Gasteiger partial charge in [0.05, 0.1) is 18.2 Å². The highest BCUT2D eigenvalue weighted by molar-refractivity contribution is 5.91. The Labute approximate surface area is 170 Å². The molecule has 5 nitrogen and oxygen atoms in total. The molecule has 30 heavy (non-hydrogen) atoms. The first kappa shape index (κ1) is 23.6. The molecule has 0 N–H and O–H groups in total. The Morgan fingerprint density at radius 3 is 2.43 bits per heavy atom. The molecular formula is C20H23F5N2O3. The van der Waals surface area contributed by atoms with Crippen molar-refractivity contribution in [2.45, 2.75) is 53.4 Å². The van der Waals surface area contributed by atoms with Crippen molar-refractivity contribution in [3.63, 3.8) is 0 Å². The fourth-order valence-electron chi connectivity index (χ4n) is 3.07. The Morgan fingerprint density at radius 2 is 1.90 bits per heavy atom. The summed E-state index contributed by atoms with van der Waals surface area (Å²) in [5.41, 5.74) is 1.18.